The summed E-state index contributed by atoms with van der Waals surface area (Å²) in [6.45, 7) is 7.32. The predicted octanol–water partition coefficient (Wildman–Crippen LogP) is 2.62. The molecule has 0 amide bonds. The standard InChI is InChI=1S/C15H24BrN3/c1-11-8-13(4-5-15(11)16)19-12(2)6-7-18(3)10-14(19)9-17/h4-5,8,12,14H,6-7,9-10,17H2,1-3H3. The lowest BCUT2D eigenvalue weighted by molar-refractivity contribution is 0.332. The second-order valence-electron chi connectivity index (χ2n) is 5.63. The molecule has 1 saturated heterocycles. The number of halogens is 1. The van der Waals surface area contributed by atoms with Crippen LogP contribution in [0.25, 0.3) is 0 Å². The highest BCUT2D eigenvalue weighted by molar-refractivity contribution is 9.10. The molecule has 106 valence electrons. The van der Waals surface area contributed by atoms with E-state index < -0.39 is 0 Å². The smallest absolute Gasteiger partial charge is 0.0542 e. The summed E-state index contributed by atoms with van der Waals surface area (Å²) in [6, 6.07) is 7.51. The Hall–Kier alpha value is -0.580. The van der Waals surface area contributed by atoms with Crippen LogP contribution in [0.1, 0.15) is 18.9 Å². The highest BCUT2D eigenvalue weighted by Crippen LogP contribution is 2.28. The van der Waals surface area contributed by atoms with Crippen LogP contribution >= 0.6 is 15.9 Å². The average molecular weight is 326 g/mol. The highest BCUT2D eigenvalue weighted by atomic mass is 79.9. The summed E-state index contributed by atoms with van der Waals surface area (Å²) in [4.78, 5) is 4.89. The Balaban J connectivity index is 2.34. The van der Waals surface area contributed by atoms with E-state index in [1.807, 2.05) is 0 Å². The fourth-order valence-electron chi connectivity index (χ4n) is 2.89. The molecule has 19 heavy (non-hydrogen) atoms. The van der Waals surface area contributed by atoms with Gasteiger partial charge in [-0.25, -0.2) is 0 Å². The van der Waals surface area contributed by atoms with Crippen molar-refractivity contribution in [3.8, 4) is 0 Å². The molecule has 0 spiro atoms. The Bertz CT molecular complexity index is 435. The SMILES string of the molecule is Cc1cc(N2C(C)CCN(C)CC2CN)ccc1Br. The van der Waals surface area contributed by atoms with E-state index in [1.165, 1.54) is 22.1 Å². The van der Waals surface area contributed by atoms with Crippen molar-refractivity contribution in [2.75, 3.05) is 31.6 Å². The van der Waals surface area contributed by atoms with Gasteiger partial charge < -0.3 is 15.5 Å². The van der Waals surface area contributed by atoms with Gasteiger partial charge in [0.2, 0.25) is 0 Å². The summed E-state index contributed by atoms with van der Waals surface area (Å²) in [5.41, 5.74) is 8.58. The molecule has 1 aliphatic heterocycles. The molecule has 1 aromatic rings. The van der Waals surface area contributed by atoms with Crippen molar-refractivity contribution in [2.24, 2.45) is 5.73 Å². The van der Waals surface area contributed by atoms with E-state index >= 15 is 0 Å². The van der Waals surface area contributed by atoms with Gasteiger partial charge in [-0.3, -0.25) is 0 Å². The number of anilines is 1. The zero-order valence-electron chi connectivity index (χ0n) is 12.1. The maximum absolute atomic E-state index is 6.02. The molecule has 0 saturated carbocycles. The van der Waals surface area contributed by atoms with Crippen LogP contribution in [-0.4, -0.2) is 43.7 Å². The van der Waals surface area contributed by atoms with Crippen molar-refractivity contribution >= 4 is 21.6 Å². The molecule has 2 rings (SSSR count). The summed E-state index contributed by atoms with van der Waals surface area (Å²) in [5, 5.41) is 0. The fourth-order valence-corrected chi connectivity index (χ4v) is 3.13. The quantitative estimate of drug-likeness (QED) is 0.907. The Morgan fingerprint density at radius 3 is 2.79 bits per heavy atom. The Labute approximate surface area is 124 Å². The van der Waals surface area contributed by atoms with Crippen LogP contribution in [0.2, 0.25) is 0 Å². The van der Waals surface area contributed by atoms with E-state index in [0.29, 0.717) is 18.6 Å². The third-order valence-electron chi connectivity index (χ3n) is 4.03. The first-order valence-electron chi connectivity index (χ1n) is 6.96. The molecule has 2 atom stereocenters. The molecule has 2 unspecified atom stereocenters. The van der Waals surface area contributed by atoms with Crippen molar-refractivity contribution in [2.45, 2.75) is 32.4 Å². The van der Waals surface area contributed by atoms with E-state index in [4.69, 9.17) is 5.73 Å². The van der Waals surface area contributed by atoms with Crippen molar-refractivity contribution in [3.05, 3.63) is 28.2 Å². The lowest BCUT2D eigenvalue weighted by atomic mass is 10.1. The van der Waals surface area contributed by atoms with Gasteiger partial charge in [-0.15, -0.1) is 0 Å². The normalized spacial score (nSPS) is 25.4. The second kappa shape index (κ2) is 6.25. The molecule has 3 nitrogen and oxygen atoms in total. The van der Waals surface area contributed by atoms with Gasteiger partial charge in [-0.1, -0.05) is 15.9 Å². The summed E-state index contributed by atoms with van der Waals surface area (Å²) >= 11 is 3.57. The molecule has 0 aromatic heterocycles. The largest absolute Gasteiger partial charge is 0.363 e. The third kappa shape index (κ3) is 3.30. The zero-order valence-corrected chi connectivity index (χ0v) is 13.7. The minimum Gasteiger partial charge on any atom is -0.363 e. The molecule has 2 N–H and O–H groups in total. The van der Waals surface area contributed by atoms with Crippen molar-refractivity contribution in [1.29, 1.82) is 0 Å². The van der Waals surface area contributed by atoms with Gasteiger partial charge in [0.25, 0.3) is 0 Å². The summed E-state index contributed by atoms with van der Waals surface area (Å²) in [7, 11) is 2.19. The van der Waals surface area contributed by atoms with E-state index in [0.717, 1.165) is 13.1 Å². The van der Waals surface area contributed by atoms with Crippen molar-refractivity contribution < 1.29 is 0 Å². The van der Waals surface area contributed by atoms with Crippen LogP contribution in [0.3, 0.4) is 0 Å². The summed E-state index contributed by atoms with van der Waals surface area (Å²) in [6.07, 6.45) is 1.18. The van der Waals surface area contributed by atoms with Crippen LogP contribution in [0.4, 0.5) is 5.69 Å². The predicted molar refractivity (Wildman–Crippen MR) is 85.8 cm³/mol. The van der Waals surface area contributed by atoms with Crippen molar-refractivity contribution in [1.82, 2.24) is 4.90 Å². The third-order valence-corrected chi connectivity index (χ3v) is 4.92. The fraction of sp³-hybridized carbons (Fsp3) is 0.600. The maximum atomic E-state index is 6.02. The van der Waals surface area contributed by atoms with E-state index in [1.54, 1.807) is 0 Å². The van der Waals surface area contributed by atoms with Crippen LogP contribution in [0, 0.1) is 6.92 Å². The first-order valence-corrected chi connectivity index (χ1v) is 7.75. The second-order valence-corrected chi connectivity index (χ2v) is 6.48. The van der Waals surface area contributed by atoms with E-state index in [2.05, 4.69) is 64.8 Å². The van der Waals surface area contributed by atoms with Gasteiger partial charge in [0.05, 0.1) is 6.04 Å². The number of aryl methyl sites for hydroxylation is 1. The minimum absolute atomic E-state index is 0.392. The van der Waals surface area contributed by atoms with Crippen LogP contribution < -0.4 is 10.6 Å². The van der Waals surface area contributed by atoms with Crippen LogP contribution in [-0.2, 0) is 0 Å². The Morgan fingerprint density at radius 1 is 1.42 bits per heavy atom. The molecule has 0 bridgehead atoms. The molecule has 1 aromatic carbocycles. The van der Waals surface area contributed by atoms with Gasteiger partial charge in [-0.2, -0.15) is 0 Å². The number of nitrogens with two attached hydrogens (primary N) is 1. The Kier molecular flexibility index (Phi) is 4.87. The Morgan fingerprint density at radius 2 is 2.16 bits per heavy atom. The van der Waals surface area contributed by atoms with Crippen molar-refractivity contribution in [3.63, 3.8) is 0 Å². The minimum atomic E-state index is 0.392. The van der Waals surface area contributed by atoms with Gasteiger partial charge in [0.15, 0.2) is 0 Å². The average Bonchev–Trinajstić information content (AvgIpc) is 2.52. The monoisotopic (exact) mass is 325 g/mol. The van der Waals surface area contributed by atoms with Gasteiger partial charge in [0.1, 0.15) is 0 Å². The number of nitrogens with zero attached hydrogens (tertiary/aromatic N) is 2. The molecular formula is C15H24BrN3. The van der Waals surface area contributed by atoms with Crippen LogP contribution in [0.15, 0.2) is 22.7 Å². The number of benzene rings is 1. The topological polar surface area (TPSA) is 32.5 Å². The number of rotatable bonds is 2. The molecule has 1 aliphatic rings. The number of likely N-dealkylation sites (N-methyl/N-ethyl adjacent to an activating group) is 1. The molecule has 1 heterocycles. The van der Waals surface area contributed by atoms with E-state index in [-0.39, 0.29) is 0 Å². The molecule has 1 fully saturated rings. The molecule has 0 aliphatic carbocycles. The zero-order chi connectivity index (χ0) is 14.0. The molecule has 4 heteroatoms. The molecular weight excluding hydrogens is 302 g/mol. The summed E-state index contributed by atoms with van der Waals surface area (Å²) < 4.78 is 1.17. The lowest BCUT2D eigenvalue weighted by Crippen LogP contribution is -2.48. The van der Waals surface area contributed by atoms with Gasteiger partial charge in [-0.05, 0) is 57.6 Å². The molecule has 0 radical (unpaired) electrons. The summed E-state index contributed by atoms with van der Waals surface area (Å²) in [5.74, 6) is 0. The van der Waals surface area contributed by atoms with E-state index in [9.17, 15) is 0 Å². The first kappa shape index (κ1) is 14.8. The van der Waals surface area contributed by atoms with Gasteiger partial charge in [0, 0.05) is 29.3 Å². The lowest BCUT2D eigenvalue weighted by Gasteiger charge is -2.36. The first-order chi connectivity index (χ1) is 9.02. The van der Waals surface area contributed by atoms with Gasteiger partial charge >= 0.3 is 0 Å². The number of hydrogen-bond donors (Lipinski definition) is 1. The number of hydrogen-bond acceptors (Lipinski definition) is 3. The highest BCUT2D eigenvalue weighted by Gasteiger charge is 2.27. The maximum Gasteiger partial charge on any atom is 0.0542 e. The van der Waals surface area contributed by atoms with Crippen LogP contribution in [0.5, 0.6) is 0 Å².